The molecule has 232 valence electrons. The second-order valence-corrected chi connectivity index (χ2v) is 10.8. The Labute approximate surface area is 244 Å². The van der Waals surface area contributed by atoms with Gasteiger partial charge in [0.15, 0.2) is 11.5 Å². The highest BCUT2D eigenvalue weighted by Gasteiger charge is 2.38. The van der Waals surface area contributed by atoms with Crippen LogP contribution in [0.4, 0.5) is 4.79 Å². The second kappa shape index (κ2) is 18.3. The van der Waals surface area contributed by atoms with E-state index in [-0.39, 0.29) is 42.8 Å². The number of unbranched alkanes of at least 4 members (excludes halogenated alkanes) is 2. The van der Waals surface area contributed by atoms with E-state index in [0.717, 1.165) is 32.1 Å². The third-order valence-electron chi connectivity index (χ3n) is 6.71. The van der Waals surface area contributed by atoms with Crippen molar-refractivity contribution in [3.05, 3.63) is 23.8 Å². The number of hydrogen-bond donors (Lipinski definition) is 1. The van der Waals surface area contributed by atoms with Gasteiger partial charge in [0.2, 0.25) is 0 Å². The van der Waals surface area contributed by atoms with Gasteiger partial charge in [-0.3, -0.25) is 14.4 Å². The smallest absolute Gasteiger partial charge is 0.468 e. The van der Waals surface area contributed by atoms with Crippen LogP contribution in [0.2, 0.25) is 0 Å². The summed E-state index contributed by atoms with van der Waals surface area (Å²) in [6.07, 6.45) is 3.87. The third-order valence-corrected chi connectivity index (χ3v) is 6.71. The maximum absolute atomic E-state index is 12.8. The van der Waals surface area contributed by atoms with Crippen molar-refractivity contribution in [2.24, 2.45) is 17.6 Å². The monoisotopic (exact) mass is 579 g/mol. The molecule has 0 bridgehead atoms. The van der Waals surface area contributed by atoms with Gasteiger partial charge >= 0.3 is 24.1 Å². The molecule has 0 saturated heterocycles. The van der Waals surface area contributed by atoms with Gasteiger partial charge in [-0.25, -0.2) is 4.79 Å². The maximum Gasteiger partial charge on any atom is 0.508 e. The molecule has 3 unspecified atom stereocenters. The number of nitrogens with two attached hydrogens (primary N) is 1. The molecule has 0 amide bonds. The maximum atomic E-state index is 12.8. The molecule has 0 saturated carbocycles. The fraction of sp³-hybridized carbons (Fsp3) is 0.677. The topological polar surface area (TPSA) is 140 Å². The SMILES string of the molecule is CCCCCOC(=O)O[C@@H](C)CC(N)(Cc1ccc(OC(=O)C(C)CCC)c(OC(=O)C(C)CCC)c1)C(=O)OC. The zero-order chi connectivity index (χ0) is 31.0. The van der Waals surface area contributed by atoms with E-state index in [4.69, 9.17) is 29.4 Å². The minimum atomic E-state index is -1.58. The summed E-state index contributed by atoms with van der Waals surface area (Å²) in [6, 6.07) is 4.68. The van der Waals surface area contributed by atoms with E-state index in [2.05, 4.69) is 0 Å². The summed E-state index contributed by atoms with van der Waals surface area (Å²) in [4.78, 5) is 50.3. The minimum Gasteiger partial charge on any atom is -0.468 e. The lowest BCUT2D eigenvalue weighted by Crippen LogP contribution is -2.53. The van der Waals surface area contributed by atoms with Crippen LogP contribution in [-0.4, -0.2) is 49.4 Å². The lowest BCUT2D eigenvalue weighted by atomic mass is 9.86. The van der Waals surface area contributed by atoms with Gasteiger partial charge < -0.3 is 29.4 Å². The number of carbonyl (C=O) groups is 4. The molecular formula is C31H49NO9. The van der Waals surface area contributed by atoms with Gasteiger partial charge in [-0.15, -0.1) is 0 Å². The van der Waals surface area contributed by atoms with Crippen molar-refractivity contribution in [2.75, 3.05) is 13.7 Å². The number of benzene rings is 1. The molecule has 10 nitrogen and oxygen atoms in total. The standard InChI is InChI=1S/C31H49NO9/c1-8-11-12-17-38-30(36)39-23(6)19-31(32,29(35)37-7)20-24-15-16-25(40-27(33)21(4)13-9-2)26(18-24)41-28(34)22(5)14-10-3/h15-16,18,21-23H,8-14,17,19-20,32H2,1-7H3/t21?,22?,23-,31?/m0/s1. The summed E-state index contributed by atoms with van der Waals surface area (Å²) >= 11 is 0. The van der Waals surface area contributed by atoms with Crippen molar-refractivity contribution in [3.63, 3.8) is 0 Å². The Morgan fingerprint density at radius 1 is 0.854 bits per heavy atom. The van der Waals surface area contributed by atoms with Gasteiger partial charge in [0, 0.05) is 12.8 Å². The molecule has 0 fully saturated rings. The Balaban J connectivity index is 3.20. The summed E-state index contributed by atoms with van der Waals surface area (Å²) in [5.74, 6) is -2.15. The van der Waals surface area contributed by atoms with E-state index >= 15 is 0 Å². The molecule has 1 rings (SSSR count). The number of esters is 3. The average molecular weight is 580 g/mol. The van der Waals surface area contributed by atoms with Gasteiger partial charge in [-0.1, -0.05) is 66.4 Å². The number of carbonyl (C=O) groups excluding carboxylic acids is 4. The predicted octanol–water partition coefficient (Wildman–Crippen LogP) is 5.90. The van der Waals surface area contributed by atoms with E-state index in [1.165, 1.54) is 19.2 Å². The van der Waals surface area contributed by atoms with Crippen LogP contribution >= 0.6 is 0 Å². The molecule has 0 spiro atoms. The predicted molar refractivity (Wildman–Crippen MR) is 155 cm³/mol. The molecule has 10 heteroatoms. The van der Waals surface area contributed by atoms with Crippen LogP contribution in [0.15, 0.2) is 18.2 Å². The summed E-state index contributed by atoms with van der Waals surface area (Å²) in [5, 5.41) is 0. The van der Waals surface area contributed by atoms with Gasteiger partial charge in [0.05, 0.1) is 25.6 Å². The van der Waals surface area contributed by atoms with E-state index in [1.807, 2.05) is 20.8 Å². The zero-order valence-corrected chi connectivity index (χ0v) is 25.8. The van der Waals surface area contributed by atoms with Crippen LogP contribution < -0.4 is 15.2 Å². The van der Waals surface area contributed by atoms with Crippen LogP contribution in [0.25, 0.3) is 0 Å². The van der Waals surface area contributed by atoms with Crippen molar-refractivity contribution in [1.29, 1.82) is 0 Å². The Kier molecular flexibility index (Phi) is 16.0. The second-order valence-electron chi connectivity index (χ2n) is 10.8. The number of hydrogen-bond acceptors (Lipinski definition) is 10. The molecule has 0 heterocycles. The fourth-order valence-electron chi connectivity index (χ4n) is 4.40. The van der Waals surface area contributed by atoms with Crippen molar-refractivity contribution in [1.82, 2.24) is 0 Å². The molecule has 1 aromatic rings. The fourth-order valence-corrected chi connectivity index (χ4v) is 4.40. The van der Waals surface area contributed by atoms with Crippen molar-refractivity contribution in [2.45, 2.75) is 111 Å². The first-order valence-electron chi connectivity index (χ1n) is 14.7. The summed E-state index contributed by atoms with van der Waals surface area (Å²) in [5.41, 5.74) is 5.48. The molecule has 0 aliphatic heterocycles. The summed E-state index contributed by atoms with van der Waals surface area (Å²) in [7, 11) is 1.22. The molecule has 0 aliphatic carbocycles. The van der Waals surface area contributed by atoms with E-state index in [0.29, 0.717) is 18.4 Å². The van der Waals surface area contributed by atoms with Crippen LogP contribution in [0.3, 0.4) is 0 Å². The van der Waals surface area contributed by atoms with Gasteiger partial charge in [-0.05, 0) is 43.9 Å². The zero-order valence-electron chi connectivity index (χ0n) is 25.8. The van der Waals surface area contributed by atoms with Gasteiger partial charge in [0.25, 0.3) is 0 Å². The van der Waals surface area contributed by atoms with Crippen molar-refractivity contribution < 1.29 is 42.9 Å². The highest BCUT2D eigenvalue weighted by atomic mass is 16.7. The largest absolute Gasteiger partial charge is 0.508 e. The van der Waals surface area contributed by atoms with E-state index in [1.54, 1.807) is 26.8 Å². The lowest BCUT2D eigenvalue weighted by Gasteiger charge is -2.29. The molecular weight excluding hydrogens is 530 g/mol. The Hall–Kier alpha value is -3.14. The lowest BCUT2D eigenvalue weighted by molar-refractivity contribution is -0.148. The molecule has 2 N–H and O–H groups in total. The number of ether oxygens (including phenoxy) is 5. The molecule has 0 aromatic heterocycles. The van der Waals surface area contributed by atoms with Crippen LogP contribution in [0.5, 0.6) is 11.5 Å². The van der Waals surface area contributed by atoms with Gasteiger partial charge in [-0.2, -0.15) is 0 Å². The molecule has 0 aliphatic rings. The van der Waals surface area contributed by atoms with Crippen LogP contribution in [-0.2, 0) is 35.0 Å². The molecule has 4 atom stereocenters. The summed E-state index contributed by atoms with van der Waals surface area (Å²) in [6.45, 7) is 11.4. The summed E-state index contributed by atoms with van der Waals surface area (Å²) < 4.78 is 26.7. The molecule has 1 aromatic carbocycles. The van der Waals surface area contributed by atoms with Crippen molar-refractivity contribution >= 4 is 24.1 Å². The minimum absolute atomic E-state index is 0.0333. The van der Waals surface area contributed by atoms with E-state index < -0.39 is 35.7 Å². The molecule has 41 heavy (non-hydrogen) atoms. The molecule has 0 radical (unpaired) electrons. The highest BCUT2D eigenvalue weighted by Crippen LogP contribution is 2.32. The Morgan fingerprint density at radius 3 is 1.98 bits per heavy atom. The average Bonchev–Trinajstić information content (AvgIpc) is 2.91. The normalized spacial score (nSPS) is 14.6. The first-order valence-corrected chi connectivity index (χ1v) is 14.7. The number of rotatable bonds is 18. The quantitative estimate of drug-likeness (QED) is 0.127. The van der Waals surface area contributed by atoms with Crippen LogP contribution in [0, 0.1) is 11.8 Å². The first kappa shape index (κ1) is 35.9. The first-order chi connectivity index (χ1) is 19.4. The third kappa shape index (κ3) is 12.5. The number of methoxy groups -OCH3 is 1. The van der Waals surface area contributed by atoms with Crippen LogP contribution in [0.1, 0.15) is 98.5 Å². The van der Waals surface area contributed by atoms with Crippen molar-refractivity contribution in [3.8, 4) is 11.5 Å². The highest BCUT2D eigenvalue weighted by molar-refractivity contribution is 5.81. The Morgan fingerprint density at radius 2 is 1.44 bits per heavy atom. The van der Waals surface area contributed by atoms with E-state index in [9.17, 15) is 19.2 Å². The van der Waals surface area contributed by atoms with Gasteiger partial charge in [0.1, 0.15) is 11.6 Å². The Bertz CT molecular complexity index is 996.